The maximum absolute atomic E-state index is 2.48. The molecular formula is C36H35N. The minimum atomic E-state index is 0.138. The first-order valence-electron chi connectivity index (χ1n) is 13.7. The predicted molar refractivity (Wildman–Crippen MR) is 159 cm³/mol. The van der Waals surface area contributed by atoms with Crippen LogP contribution >= 0.6 is 0 Å². The van der Waals surface area contributed by atoms with Gasteiger partial charge in [-0.15, -0.1) is 0 Å². The second-order valence-corrected chi connectivity index (χ2v) is 10.7. The molecule has 1 heteroatoms. The lowest BCUT2D eigenvalue weighted by Gasteiger charge is -2.32. The molecule has 3 aromatic rings. The minimum absolute atomic E-state index is 0.138. The number of allylic oxidation sites excluding steroid dienone is 6. The molecule has 0 saturated carbocycles. The van der Waals surface area contributed by atoms with E-state index in [-0.39, 0.29) is 6.04 Å². The van der Waals surface area contributed by atoms with Crippen molar-refractivity contribution in [2.24, 2.45) is 5.92 Å². The average molecular weight is 482 g/mol. The van der Waals surface area contributed by atoms with Crippen molar-refractivity contribution in [3.05, 3.63) is 130 Å². The first-order valence-corrected chi connectivity index (χ1v) is 13.7. The van der Waals surface area contributed by atoms with E-state index in [0.29, 0.717) is 5.92 Å². The van der Waals surface area contributed by atoms with Crippen LogP contribution in [-0.4, -0.2) is 6.04 Å². The molecule has 0 amide bonds. The van der Waals surface area contributed by atoms with Gasteiger partial charge in [-0.25, -0.2) is 0 Å². The molecule has 1 nitrogen and oxygen atoms in total. The molecule has 0 radical (unpaired) electrons. The molecule has 2 atom stereocenters. The van der Waals surface area contributed by atoms with Gasteiger partial charge in [0.2, 0.25) is 0 Å². The van der Waals surface area contributed by atoms with E-state index in [2.05, 4.69) is 134 Å². The van der Waals surface area contributed by atoms with Crippen molar-refractivity contribution >= 4 is 23.5 Å². The number of hydrogen-bond acceptors (Lipinski definition) is 1. The van der Waals surface area contributed by atoms with Crippen molar-refractivity contribution in [2.45, 2.75) is 45.6 Å². The third kappa shape index (κ3) is 5.04. The zero-order valence-electron chi connectivity index (χ0n) is 21.9. The molecule has 0 aliphatic heterocycles. The Balaban J connectivity index is 1.42. The second-order valence-electron chi connectivity index (χ2n) is 10.7. The van der Waals surface area contributed by atoms with Crippen LogP contribution in [0.2, 0.25) is 0 Å². The number of rotatable bonds is 4. The third-order valence-corrected chi connectivity index (χ3v) is 7.84. The summed E-state index contributed by atoms with van der Waals surface area (Å²) >= 11 is 0. The Kier molecular flexibility index (Phi) is 6.53. The SMILES string of the molecule is Cc1ccc(-c2ccc(N(c3ccc4c(c3)=CCC(C)C=4)C3C=CC4=C(C/C=C\3)CCC=C4)cc2)cc1. The molecular weight excluding hydrogens is 446 g/mol. The topological polar surface area (TPSA) is 3.24 Å². The van der Waals surface area contributed by atoms with Gasteiger partial charge in [-0.1, -0.05) is 109 Å². The second kappa shape index (κ2) is 10.3. The summed E-state index contributed by atoms with van der Waals surface area (Å²) in [7, 11) is 0. The zero-order chi connectivity index (χ0) is 25.2. The standard InChI is InChI=1S/C36H35N/c1-26-10-13-30(14-11-26)31-17-21-35(22-18-31)37(36-23-19-32-24-27(2)12-15-33(32)25-36)34-9-5-8-28-6-3-4-7-29(28)16-20-34/h4-5,7,9-11,13-25,27,34H,3,6,8,12H2,1-2H3/b9-5-,20-16?. The largest absolute Gasteiger partial charge is 0.331 e. The Morgan fingerprint density at radius 1 is 0.757 bits per heavy atom. The highest BCUT2D eigenvalue weighted by molar-refractivity contribution is 5.72. The minimum Gasteiger partial charge on any atom is -0.331 e. The van der Waals surface area contributed by atoms with E-state index in [0.717, 1.165) is 19.3 Å². The highest BCUT2D eigenvalue weighted by atomic mass is 15.2. The van der Waals surface area contributed by atoms with E-state index >= 15 is 0 Å². The lowest BCUT2D eigenvalue weighted by Crippen LogP contribution is -2.33. The number of hydrogen-bond donors (Lipinski definition) is 0. The van der Waals surface area contributed by atoms with E-state index in [4.69, 9.17) is 0 Å². The molecule has 0 spiro atoms. The summed E-state index contributed by atoms with van der Waals surface area (Å²) in [6.45, 7) is 4.43. The average Bonchev–Trinajstić information content (AvgIpc) is 2.91. The van der Waals surface area contributed by atoms with Gasteiger partial charge in [-0.2, -0.15) is 0 Å². The highest BCUT2D eigenvalue weighted by Gasteiger charge is 2.19. The fourth-order valence-corrected chi connectivity index (χ4v) is 5.69. The highest BCUT2D eigenvalue weighted by Crippen LogP contribution is 2.33. The van der Waals surface area contributed by atoms with Gasteiger partial charge < -0.3 is 4.90 Å². The molecule has 0 heterocycles. The number of benzene rings is 3. The molecule has 3 aliphatic carbocycles. The normalized spacial score (nSPS) is 21.1. The van der Waals surface area contributed by atoms with Crippen LogP contribution in [0.5, 0.6) is 0 Å². The number of anilines is 2. The van der Waals surface area contributed by atoms with Crippen LogP contribution in [0.25, 0.3) is 23.3 Å². The van der Waals surface area contributed by atoms with Crippen LogP contribution in [0.3, 0.4) is 0 Å². The van der Waals surface area contributed by atoms with Crippen molar-refractivity contribution in [1.29, 1.82) is 0 Å². The van der Waals surface area contributed by atoms with Crippen LogP contribution < -0.4 is 15.3 Å². The summed E-state index contributed by atoms with van der Waals surface area (Å²) in [6, 6.07) is 25.0. The fourth-order valence-electron chi connectivity index (χ4n) is 5.69. The van der Waals surface area contributed by atoms with Crippen LogP contribution in [0.15, 0.2) is 114 Å². The van der Waals surface area contributed by atoms with Gasteiger partial charge in [0.1, 0.15) is 0 Å². The molecule has 0 bridgehead atoms. The molecule has 37 heavy (non-hydrogen) atoms. The maximum atomic E-state index is 2.48. The van der Waals surface area contributed by atoms with Gasteiger partial charge in [0.05, 0.1) is 6.04 Å². The summed E-state index contributed by atoms with van der Waals surface area (Å²) in [5, 5.41) is 2.69. The lowest BCUT2D eigenvalue weighted by molar-refractivity contribution is 0.800. The first kappa shape index (κ1) is 23.6. The van der Waals surface area contributed by atoms with Gasteiger partial charge >= 0.3 is 0 Å². The van der Waals surface area contributed by atoms with Crippen molar-refractivity contribution in [1.82, 2.24) is 0 Å². The molecule has 184 valence electrons. The van der Waals surface area contributed by atoms with E-state index in [1.165, 1.54) is 50.5 Å². The summed E-state index contributed by atoms with van der Waals surface area (Å²) in [5.74, 6) is 0.603. The number of aryl methyl sites for hydroxylation is 1. The monoisotopic (exact) mass is 481 g/mol. The number of nitrogens with zero attached hydrogens (tertiary/aromatic N) is 1. The van der Waals surface area contributed by atoms with E-state index in [1.807, 2.05) is 0 Å². The van der Waals surface area contributed by atoms with Gasteiger partial charge in [-0.05, 0) is 89.9 Å². The molecule has 0 N–H and O–H groups in total. The van der Waals surface area contributed by atoms with Crippen LogP contribution in [0, 0.1) is 12.8 Å². The summed E-state index contributed by atoms with van der Waals surface area (Å²) in [5.41, 5.74) is 9.17. The van der Waals surface area contributed by atoms with Gasteiger partial charge in [-0.3, -0.25) is 0 Å². The Hall–Kier alpha value is -3.84. The Labute approximate surface area is 221 Å². The molecule has 0 fully saturated rings. The van der Waals surface area contributed by atoms with Gasteiger partial charge in [0.15, 0.2) is 0 Å². The molecule has 0 aromatic heterocycles. The third-order valence-electron chi connectivity index (χ3n) is 7.84. The van der Waals surface area contributed by atoms with Gasteiger partial charge in [0, 0.05) is 11.4 Å². The summed E-state index contributed by atoms with van der Waals surface area (Å²) in [6.07, 6.45) is 23.3. The predicted octanol–water partition coefficient (Wildman–Crippen LogP) is 7.93. The quantitative estimate of drug-likeness (QED) is 0.342. The summed E-state index contributed by atoms with van der Waals surface area (Å²) < 4.78 is 0. The smallest absolute Gasteiger partial charge is 0.0709 e. The number of fused-ring (bicyclic) bond motifs is 1. The van der Waals surface area contributed by atoms with Crippen LogP contribution in [0.1, 0.15) is 38.2 Å². The van der Waals surface area contributed by atoms with Crippen molar-refractivity contribution < 1.29 is 0 Å². The maximum Gasteiger partial charge on any atom is 0.0709 e. The van der Waals surface area contributed by atoms with E-state index < -0.39 is 0 Å². The van der Waals surface area contributed by atoms with E-state index in [9.17, 15) is 0 Å². The molecule has 3 aliphatic rings. The fraction of sp³-hybridized carbons (Fsp3) is 0.222. The van der Waals surface area contributed by atoms with Crippen molar-refractivity contribution in [3.63, 3.8) is 0 Å². The Morgan fingerprint density at radius 3 is 2.32 bits per heavy atom. The van der Waals surface area contributed by atoms with Gasteiger partial charge in [0.25, 0.3) is 0 Å². The van der Waals surface area contributed by atoms with Crippen molar-refractivity contribution in [2.75, 3.05) is 4.90 Å². The zero-order valence-corrected chi connectivity index (χ0v) is 21.9. The molecule has 2 unspecified atom stereocenters. The van der Waals surface area contributed by atoms with Crippen LogP contribution in [-0.2, 0) is 0 Å². The molecule has 3 aromatic carbocycles. The Morgan fingerprint density at radius 2 is 1.51 bits per heavy atom. The lowest BCUT2D eigenvalue weighted by atomic mass is 9.92. The molecule has 0 saturated heterocycles. The van der Waals surface area contributed by atoms with E-state index in [1.54, 1.807) is 5.57 Å². The Bertz CT molecular complexity index is 1530. The first-order chi connectivity index (χ1) is 18.1. The summed E-state index contributed by atoms with van der Waals surface area (Å²) in [4.78, 5) is 2.48. The molecule has 6 rings (SSSR count). The van der Waals surface area contributed by atoms with Crippen LogP contribution in [0.4, 0.5) is 11.4 Å². The van der Waals surface area contributed by atoms with Crippen molar-refractivity contribution in [3.8, 4) is 11.1 Å².